The molecule has 0 radical (unpaired) electrons. The van der Waals surface area contributed by atoms with Crippen LogP contribution in [0.2, 0.25) is 0 Å². The number of H-pyrrole nitrogens is 1. The van der Waals surface area contributed by atoms with Gasteiger partial charge in [-0.2, -0.15) is 4.68 Å². The first-order valence-corrected chi connectivity index (χ1v) is 6.94. The molecule has 0 bridgehead atoms. The van der Waals surface area contributed by atoms with E-state index in [2.05, 4.69) is 34.7 Å². The predicted molar refractivity (Wildman–Crippen MR) is 79.2 cm³/mol. The number of anilines is 1. The van der Waals surface area contributed by atoms with Gasteiger partial charge in [0.05, 0.1) is 5.69 Å². The van der Waals surface area contributed by atoms with Crippen LogP contribution in [-0.2, 0) is 4.79 Å². The van der Waals surface area contributed by atoms with E-state index >= 15 is 0 Å². The first-order valence-electron chi connectivity index (χ1n) is 6.94. The van der Waals surface area contributed by atoms with E-state index in [1.54, 1.807) is 24.3 Å². The average Bonchev–Trinajstić information content (AvgIpc) is 2.92. The van der Waals surface area contributed by atoms with Crippen LogP contribution < -0.4 is 11.0 Å². The van der Waals surface area contributed by atoms with E-state index in [1.807, 2.05) is 6.92 Å². The van der Waals surface area contributed by atoms with E-state index in [0.29, 0.717) is 17.3 Å². The van der Waals surface area contributed by atoms with Gasteiger partial charge in [0.1, 0.15) is 0 Å². The third kappa shape index (κ3) is 3.36. The normalized spacial score (nSPS) is 13.7. The monoisotopic (exact) mass is 289 g/mol. The first-order chi connectivity index (χ1) is 10.0. The van der Waals surface area contributed by atoms with Gasteiger partial charge < -0.3 is 5.32 Å². The lowest BCUT2D eigenvalue weighted by Gasteiger charge is -2.17. The Hall–Kier alpha value is -2.44. The molecule has 2 N–H and O–H groups in total. The van der Waals surface area contributed by atoms with Crippen molar-refractivity contribution in [1.82, 2.24) is 20.2 Å². The van der Waals surface area contributed by atoms with E-state index in [1.165, 1.54) is 0 Å². The summed E-state index contributed by atoms with van der Waals surface area (Å²) in [6, 6.07) is 6.87. The standard InChI is InChI=1S/C14H19N5O2/c1-4-9(2)10(3)13(20)15-11-5-7-12(8-6-11)19-14(21)16-17-18-19/h5-10H,4H2,1-3H3,(H,15,20)(H,16,18,21)/t9-,10-/m1/s1. The Morgan fingerprint density at radius 2 is 2.00 bits per heavy atom. The van der Waals surface area contributed by atoms with E-state index in [4.69, 9.17) is 0 Å². The molecular weight excluding hydrogens is 270 g/mol. The number of hydrogen-bond acceptors (Lipinski definition) is 4. The molecule has 0 unspecified atom stereocenters. The minimum atomic E-state index is -0.405. The van der Waals surface area contributed by atoms with Gasteiger partial charge in [-0.05, 0) is 40.6 Å². The average molecular weight is 289 g/mol. The second-order valence-corrected chi connectivity index (χ2v) is 5.13. The number of hydrogen-bond donors (Lipinski definition) is 2. The molecule has 0 fully saturated rings. The highest BCUT2D eigenvalue weighted by atomic mass is 16.2. The maximum atomic E-state index is 12.1. The van der Waals surface area contributed by atoms with E-state index in [0.717, 1.165) is 11.1 Å². The number of tetrazole rings is 1. The zero-order chi connectivity index (χ0) is 15.4. The van der Waals surface area contributed by atoms with Crippen LogP contribution in [0.25, 0.3) is 5.69 Å². The predicted octanol–water partition coefficient (Wildman–Crippen LogP) is 1.58. The lowest BCUT2D eigenvalue weighted by molar-refractivity contribution is -0.120. The van der Waals surface area contributed by atoms with Crippen molar-refractivity contribution in [2.75, 3.05) is 5.32 Å². The molecule has 0 aliphatic rings. The number of aromatic amines is 1. The van der Waals surface area contributed by atoms with Crippen molar-refractivity contribution >= 4 is 11.6 Å². The minimum absolute atomic E-state index is 0.00398. The molecule has 112 valence electrons. The third-order valence-corrected chi connectivity index (χ3v) is 3.76. The molecule has 0 aliphatic heterocycles. The summed E-state index contributed by atoms with van der Waals surface area (Å²) in [4.78, 5) is 23.5. The third-order valence-electron chi connectivity index (χ3n) is 3.76. The maximum Gasteiger partial charge on any atom is 0.365 e. The number of rotatable bonds is 5. The Morgan fingerprint density at radius 3 is 2.52 bits per heavy atom. The van der Waals surface area contributed by atoms with Gasteiger partial charge in [-0.15, -0.1) is 0 Å². The summed E-state index contributed by atoms with van der Waals surface area (Å²) in [6.45, 7) is 6.05. The molecule has 1 aromatic carbocycles. The molecule has 2 atom stereocenters. The molecule has 0 saturated carbocycles. The second kappa shape index (κ2) is 6.34. The van der Waals surface area contributed by atoms with Crippen LogP contribution in [0.15, 0.2) is 29.1 Å². The van der Waals surface area contributed by atoms with Crippen molar-refractivity contribution in [2.45, 2.75) is 27.2 Å². The van der Waals surface area contributed by atoms with Gasteiger partial charge in [-0.3, -0.25) is 4.79 Å². The topological polar surface area (TPSA) is 92.7 Å². The molecule has 0 aliphatic carbocycles. The minimum Gasteiger partial charge on any atom is -0.326 e. The van der Waals surface area contributed by atoms with Crippen LogP contribution in [0.5, 0.6) is 0 Å². The fraction of sp³-hybridized carbons (Fsp3) is 0.429. The van der Waals surface area contributed by atoms with Crippen molar-refractivity contribution in [2.24, 2.45) is 11.8 Å². The molecule has 2 aromatic rings. The molecule has 0 saturated heterocycles. The van der Waals surface area contributed by atoms with E-state index in [-0.39, 0.29) is 11.8 Å². The van der Waals surface area contributed by atoms with Crippen LogP contribution in [-0.4, -0.2) is 26.1 Å². The van der Waals surface area contributed by atoms with Gasteiger partial charge in [0.15, 0.2) is 0 Å². The van der Waals surface area contributed by atoms with Crippen molar-refractivity contribution in [3.8, 4) is 5.69 Å². The Kier molecular flexibility index (Phi) is 4.52. The summed E-state index contributed by atoms with van der Waals surface area (Å²) >= 11 is 0. The van der Waals surface area contributed by atoms with Gasteiger partial charge in [-0.1, -0.05) is 27.2 Å². The number of benzene rings is 1. The molecule has 0 spiro atoms. The molecule has 7 nitrogen and oxygen atoms in total. The fourth-order valence-corrected chi connectivity index (χ4v) is 1.92. The summed E-state index contributed by atoms with van der Waals surface area (Å²) in [7, 11) is 0. The number of amides is 1. The number of aromatic nitrogens is 4. The second-order valence-electron chi connectivity index (χ2n) is 5.13. The van der Waals surface area contributed by atoms with Gasteiger partial charge in [0.25, 0.3) is 0 Å². The molecular formula is C14H19N5O2. The highest BCUT2D eigenvalue weighted by molar-refractivity contribution is 5.92. The van der Waals surface area contributed by atoms with Crippen LogP contribution >= 0.6 is 0 Å². The lowest BCUT2D eigenvalue weighted by Crippen LogP contribution is -2.25. The van der Waals surface area contributed by atoms with E-state index < -0.39 is 5.69 Å². The largest absolute Gasteiger partial charge is 0.365 e. The van der Waals surface area contributed by atoms with Crippen molar-refractivity contribution < 1.29 is 4.79 Å². The number of nitrogens with one attached hydrogen (secondary N) is 2. The molecule has 1 amide bonds. The van der Waals surface area contributed by atoms with Crippen LogP contribution in [0.4, 0.5) is 5.69 Å². The van der Waals surface area contributed by atoms with Gasteiger partial charge in [-0.25, -0.2) is 9.89 Å². The number of carbonyl (C=O) groups excluding carboxylic acids is 1. The number of nitrogens with zero attached hydrogens (tertiary/aromatic N) is 3. The summed E-state index contributed by atoms with van der Waals surface area (Å²) in [6.07, 6.45) is 0.961. The summed E-state index contributed by atoms with van der Waals surface area (Å²) < 4.78 is 1.15. The summed E-state index contributed by atoms with van der Waals surface area (Å²) in [5, 5.41) is 12.2. The zero-order valence-electron chi connectivity index (χ0n) is 12.3. The Labute approximate surface area is 122 Å². The zero-order valence-corrected chi connectivity index (χ0v) is 12.3. The molecule has 1 heterocycles. The Bertz CT molecular complexity index is 659. The van der Waals surface area contributed by atoms with Crippen LogP contribution in [0.1, 0.15) is 27.2 Å². The Balaban J connectivity index is 2.08. The highest BCUT2D eigenvalue weighted by Gasteiger charge is 2.18. The van der Waals surface area contributed by atoms with Crippen molar-refractivity contribution in [3.63, 3.8) is 0 Å². The van der Waals surface area contributed by atoms with Gasteiger partial charge in [0.2, 0.25) is 5.91 Å². The molecule has 21 heavy (non-hydrogen) atoms. The molecule has 7 heteroatoms. The van der Waals surface area contributed by atoms with E-state index in [9.17, 15) is 9.59 Å². The van der Waals surface area contributed by atoms with Crippen molar-refractivity contribution in [3.05, 3.63) is 34.7 Å². The fourth-order valence-electron chi connectivity index (χ4n) is 1.92. The highest BCUT2D eigenvalue weighted by Crippen LogP contribution is 2.18. The summed E-state index contributed by atoms with van der Waals surface area (Å²) in [5.41, 5.74) is 0.870. The maximum absolute atomic E-state index is 12.1. The van der Waals surface area contributed by atoms with Gasteiger partial charge in [0, 0.05) is 11.6 Å². The van der Waals surface area contributed by atoms with Crippen molar-refractivity contribution in [1.29, 1.82) is 0 Å². The lowest BCUT2D eigenvalue weighted by atomic mass is 9.93. The quantitative estimate of drug-likeness (QED) is 0.874. The van der Waals surface area contributed by atoms with Crippen LogP contribution in [0, 0.1) is 11.8 Å². The molecule has 2 rings (SSSR count). The molecule has 1 aromatic heterocycles. The van der Waals surface area contributed by atoms with Crippen LogP contribution in [0.3, 0.4) is 0 Å². The summed E-state index contributed by atoms with van der Waals surface area (Å²) in [5.74, 6) is 0.279. The number of carbonyl (C=O) groups is 1. The SMILES string of the molecule is CC[C@@H](C)[C@@H](C)C(=O)Nc1ccc(-n2nn[nH]c2=O)cc1. The Morgan fingerprint density at radius 1 is 1.33 bits per heavy atom. The smallest absolute Gasteiger partial charge is 0.326 e. The van der Waals surface area contributed by atoms with Gasteiger partial charge >= 0.3 is 5.69 Å². The first kappa shape index (κ1) is 15.0.